The standard InChI is InChI=1S/C25H31NO7/c1-17-11-18-14-24(33-6-5-27)23(30-4)16-22(18)25(26-17)19-12-20(31-9-7-28-2)15-21(13-19)32-10-8-29-3/h11-16,27H,5-10H2,1-4H3. The summed E-state index contributed by atoms with van der Waals surface area (Å²) in [5, 5.41) is 11.0. The van der Waals surface area contributed by atoms with E-state index in [-0.39, 0.29) is 13.2 Å². The molecule has 0 atom stereocenters. The van der Waals surface area contributed by atoms with Gasteiger partial charge in [-0.1, -0.05) is 0 Å². The molecule has 3 rings (SSSR count). The number of ether oxygens (including phenoxy) is 6. The predicted octanol–water partition coefficient (Wildman–Crippen LogP) is 3.64. The Balaban J connectivity index is 2.10. The summed E-state index contributed by atoms with van der Waals surface area (Å²) in [6.07, 6.45) is 0. The van der Waals surface area contributed by atoms with Gasteiger partial charge in [0, 0.05) is 36.9 Å². The minimum atomic E-state index is -0.0798. The molecule has 8 nitrogen and oxygen atoms in total. The van der Waals surface area contributed by atoms with Gasteiger partial charge < -0.3 is 33.5 Å². The number of methoxy groups -OCH3 is 3. The van der Waals surface area contributed by atoms with Gasteiger partial charge in [0.25, 0.3) is 0 Å². The zero-order valence-corrected chi connectivity index (χ0v) is 19.6. The maximum absolute atomic E-state index is 9.13. The summed E-state index contributed by atoms with van der Waals surface area (Å²) >= 11 is 0. The van der Waals surface area contributed by atoms with Crippen molar-refractivity contribution in [3.05, 3.63) is 42.1 Å². The third-order valence-corrected chi connectivity index (χ3v) is 4.86. The zero-order valence-electron chi connectivity index (χ0n) is 19.6. The molecule has 33 heavy (non-hydrogen) atoms. The van der Waals surface area contributed by atoms with E-state index >= 15 is 0 Å². The van der Waals surface area contributed by atoms with Gasteiger partial charge in [-0.2, -0.15) is 0 Å². The van der Waals surface area contributed by atoms with Crippen LogP contribution in [-0.4, -0.2) is 71.1 Å². The number of benzene rings is 2. The Labute approximate surface area is 194 Å². The normalized spacial score (nSPS) is 10.9. The van der Waals surface area contributed by atoms with Gasteiger partial charge in [-0.25, -0.2) is 0 Å². The molecular formula is C25H31NO7. The average Bonchev–Trinajstić information content (AvgIpc) is 2.82. The highest BCUT2D eigenvalue weighted by Gasteiger charge is 2.15. The van der Waals surface area contributed by atoms with Crippen molar-refractivity contribution < 1.29 is 33.5 Å². The molecule has 0 unspecified atom stereocenters. The monoisotopic (exact) mass is 457 g/mol. The van der Waals surface area contributed by atoms with Crippen molar-refractivity contribution in [2.75, 3.05) is 61.0 Å². The summed E-state index contributed by atoms with van der Waals surface area (Å²) in [4.78, 5) is 4.82. The number of rotatable bonds is 13. The zero-order chi connectivity index (χ0) is 23.6. The van der Waals surface area contributed by atoms with Crippen molar-refractivity contribution in [3.63, 3.8) is 0 Å². The molecule has 3 aromatic rings. The Morgan fingerprint density at radius 3 is 1.97 bits per heavy atom. The first-order valence-electron chi connectivity index (χ1n) is 10.7. The topological polar surface area (TPSA) is 88.5 Å². The number of aliphatic hydroxyl groups is 1. The van der Waals surface area contributed by atoms with Crippen molar-refractivity contribution in [1.29, 1.82) is 0 Å². The van der Waals surface area contributed by atoms with Crippen LogP contribution in [0.3, 0.4) is 0 Å². The van der Waals surface area contributed by atoms with Crippen LogP contribution in [0.15, 0.2) is 36.4 Å². The molecule has 1 aromatic heterocycles. The molecule has 0 amide bonds. The molecule has 178 valence electrons. The van der Waals surface area contributed by atoms with E-state index in [2.05, 4.69) is 0 Å². The van der Waals surface area contributed by atoms with E-state index in [9.17, 15) is 0 Å². The van der Waals surface area contributed by atoms with Gasteiger partial charge in [0.1, 0.15) is 31.3 Å². The lowest BCUT2D eigenvalue weighted by Crippen LogP contribution is -2.06. The third-order valence-electron chi connectivity index (χ3n) is 4.86. The van der Waals surface area contributed by atoms with Crippen LogP contribution in [-0.2, 0) is 9.47 Å². The van der Waals surface area contributed by atoms with Gasteiger partial charge >= 0.3 is 0 Å². The smallest absolute Gasteiger partial charge is 0.161 e. The van der Waals surface area contributed by atoms with Crippen LogP contribution in [0, 0.1) is 6.92 Å². The molecule has 1 N–H and O–H groups in total. The maximum Gasteiger partial charge on any atom is 0.161 e. The fourth-order valence-corrected chi connectivity index (χ4v) is 3.40. The lowest BCUT2D eigenvalue weighted by atomic mass is 10.0. The molecule has 0 saturated carbocycles. The highest BCUT2D eigenvalue weighted by atomic mass is 16.5. The number of fused-ring (bicyclic) bond motifs is 1. The molecule has 0 bridgehead atoms. The highest BCUT2D eigenvalue weighted by Crippen LogP contribution is 2.38. The quantitative estimate of drug-likeness (QED) is 0.389. The van der Waals surface area contributed by atoms with Crippen LogP contribution in [0.4, 0.5) is 0 Å². The third kappa shape index (κ3) is 6.47. The number of nitrogens with zero attached hydrogens (tertiary/aromatic N) is 1. The van der Waals surface area contributed by atoms with Gasteiger partial charge in [-0.15, -0.1) is 0 Å². The number of hydrogen-bond acceptors (Lipinski definition) is 8. The van der Waals surface area contributed by atoms with Crippen molar-refractivity contribution >= 4 is 10.8 Å². The van der Waals surface area contributed by atoms with Gasteiger partial charge in [0.2, 0.25) is 0 Å². The van der Waals surface area contributed by atoms with Crippen LogP contribution in [0.5, 0.6) is 23.0 Å². The predicted molar refractivity (Wildman–Crippen MR) is 126 cm³/mol. The fourth-order valence-electron chi connectivity index (χ4n) is 3.40. The fraction of sp³-hybridized carbons (Fsp3) is 0.400. The molecule has 0 aliphatic rings. The van der Waals surface area contributed by atoms with Crippen LogP contribution in [0.25, 0.3) is 22.0 Å². The number of pyridine rings is 1. The Hall–Kier alpha value is -3.07. The second-order valence-corrected chi connectivity index (χ2v) is 7.28. The Morgan fingerprint density at radius 1 is 0.727 bits per heavy atom. The van der Waals surface area contributed by atoms with Crippen molar-refractivity contribution in [1.82, 2.24) is 4.98 Å². The van der Waals surface area contributed by atoms with Crippen LogP contribution in [0.2, 0.25) is 0 Å². The van der Waals surface area contributed by atoms with Crippen LogP contribution in [0.1, 0.15) is 5.69 Å². The summed E-state index contributed by atoms with van der Waals surface area (Å²) in [7, 11) is 4.85. The van der Waals surface area contributed by atoms with Crippen LogP contribution >= 0.6 is 0 Å². The number of hydrogen-bond donors (Lipinski definition) is 1. The maximum atomic E-state index is 9.13. The molecule has 0 radical (unpaired) electrons. The molecule has 0 fully saturated rings. The van der Waals surface area contributed by atoms with E-state index in [4.69, 9.17) is 38.5 Å². The van der Waals surface area contributed by atoms with Gasteiger partial charge in [0.05, 0.1) is 32.6 Å². The number of aryl methyl sites for hydroxylation is 1. The number of aliphatic hydroxyl groups excluding tert-OH is 1. The minimum absolute atomic E-state index is 0.0798. The van der Waals surface area contributed by atoms with E-state index in [1.165, 1.54) is 0 Å². The first-order valence-corrected chi connectivity index (χ1v) is 10.7. The summed E-state index contributed by atoms with van der Waals surface area (Å²) in [5.41, 5.74) is 2.46. The summed E-state index contributed by atoms with van der Waals surface area (Å²) in [6, 6.07) is 11.5. The van der Waals surface area contributed by atoms with E-state index < -0.39 is 0 Å². The average molecular weight is 458 g/mol. The molecule has 2 aromatic carbocycles. The second-order valence-electron chi connectivity index (χ2n) is 7.28. The van der Waals surface area contributed by atoms with Crippen molar-refractivity contribution in [2.45, 2.75) is 6.92 Å². The minimum Gasteiger partial charge on any atom is -0.493 e. The molecular weight excluding hydrogens is 426 g/mol. The van der Waals surface area contributed by atoms with Gasteiger partial charge in [0.15, 0.2) is 11.5 Å². The molecule has 1 heterocycles. The Bertz CT molecular complexity index is 1030. The molecule has 0 aliphatic carbocycles. The first-order chi connectivity index (χ1) is 16.1. The lowest BCUT2D eigenvalue weighted by molar-refractivity contribution is 0.142. The summed E-state index contributed by atoms with van der Waals surface area (Å²) in [5.74, 6) is 2.44. The van der Waals surface area contributed by atoms with Crippen molar-refractivity contribution in [3.8, 4) is 34.3 Å². The molecule has 0 spiro atoms. The summed E-state index contributed by atoms with van der Waals surface area (Å²) < 4.78 is 33.1. The molecule has 0 aliphatic heterocycles. The second kappa shape index (κ2) is 12.2. The summed E-state index contributed by atoms with van der Waals surface area (Å²) in [6.45, 7) is 3.83. The SMILES string of the molecule is COCCOc1cc(OCCOC)cc(-c2nc(C)cc3cc(OCCO)c(OC)cc23)c1. The molecule has 0 saturated heterocycles. The Kier molecular flexibility index (Phi) is 9.12. The highest BCUT2D eigenvalue weighted by molar-refractivity contribution is 5.97. The largest absolute Gasteiger partial charge is 0.493 e. The van der Waals surface area contributed by atoms with E-state index in [0.29, 0.717) is 49.4 Å². The molecule has 8 heteroatoms. The van der Waals surface area contributed by atoms with Gasteiger partial charge in [-0.3, -0.25) is 4.98 Å². The Morgan fingerprint density at radius 2 is 1.39 bits per heavy atom. The van der Waals surface area contributed by atoms with Gasteiger partial charge in [-0.05, 0) is 42.6 Å². The number of aromatic nitrogens is 1. The van der Waals surface area contributed by atoms with E-state index in [1.807, 2.05) is 43.3 Å². The van der Waals surface area contributed by atoms with Crippen molar-refractivity contribution in [2.24, 2.45) is 0 Å². The lowest BCUT2D eigenvalue weighted by Gasteiger charge is -2.16. The van der Waals surface area contributed by atoms with E-state index in [1.54, 1.807) is 21.3 Å². The first kappa shape index (κ1) is 24.6. The van der Waals surface area contributed by atoms with E-state index in [0.717, 1.165) is 27.7 Å². The van der Waals surface area contributed by atoms with Crippen LogP contribution < -0.4 is 18.9 Å².